The Morgan fingerprint density at radius 3 is 2.75 bits per heavy atom. The number of nitrogens with zero attached hydrogens (tertiary/aromatic N) is 4. The summed E-state index contributed by atoms with van der Waals surface area (Å²) in [4.78, 5) is 0. The molecule has 1 radical (unpaired) electrons. The van der Waals surface area contributed by atoms with Gasteiger partial charge in [-0.1, -0.05) is 0 Å². The van der Waals surface area contributed by atoms with Crippen molar-refractivity contribution in [3.8, 4) is 0 Å². The fourth-order valence-electron chi connectivity index (χ4n) is 0.321. The number of nitrogens with two attached hydrogens (primary N) is 1. The maximum atomic E-state index is 5.35. The predicted octanol–water partition coefficient (Wildman–Crippen LogP) is -1.05. The second kappa shape index (κ2) is 1.87. The van der Waals surface area contributed by atoms with E-state index < -0.39 is 0 Å². The Kier molecular flexibility index (Phi) is 1.21. The molecule has 0 aromatic carbocycles. The van der Waals surface area contributed by atoms with Crippen molar-refractivity contribution in [2.24, 2.45) is 5.73 Å². The molecule has 1 unspecified atom stereocenters. The van der Waals surface area contributed by atoms with E-state index >= 15 is 0 Å². The van der Waals surface area contributed by atoms with E-state index in [1.165, 1.54) is 4.68 Å². The van der Waals surface area contributed by atoms with Gasteiger partial charge in [0.1, 0.15) is 6.17 Å². The van der Waals surface area contributed by atoms with Crippen LogP contribution in [0.3, 0.4) is 0 Å². The standard InChI is InChI=1S/C3H6N5/c1-3(4)8-2-5-6-7-8/h3H,4H2,1H3. The van der Waals surface area contributed by atoms with Crippen LogP contribution in [0.2, 0.25) is 0 Å². The van der Waals surface area contributed by atoms with Crippen LogP contribution in [0, 0.1) is 6.33 Å². The number of tetrazole rings is 1. The van der Waals surface area contributed by atoms with Gasteiger partial charge >= 0.3 is 0 Å². The number of aromatic nitrogens is 4. The van der Waals surface area contributed by atoms with Gasteiger partial charge in [0.05, 0.1) is 0 Å². The Bertz CT molecular complexity index is 143. The highest BCUT2D eigenvalue weighted by atomic mass is 15.5. The summed E-state index contributed by atoms with van der Waals surface area (Å²) in [6.45, 7) is 1.77. The van der Waals surface area contributed by atoms with Gasteiger partial charge in [-0.3, -0.25) is 0 Å². The molecule has 1 aromatic heterocycles. The van der Waals surface area contributed by atoms with Crippen molar-refractivity contribution in [3.63, 3.8) is 0 Å². The van der Waals surface area contributed by atoms with Crippen LogP contribution in [-0.2, 0) is 0 Å². The molecule has 1 heterocycles. The van der Waals surface area contributed by atoms with Crippen LogP contribution in [0.4, 0.5) is 0 Å². The lowest BCUT2D eigenvalue weighted by Crippen LogP contribution is -2.15. The van der Waals surface area contributed by atoms with Crippen LogP contribution in [0.5, 0.6) is 0 Å². The lowest BCUT2D eigenvalue weighted by molar-refractivity contribution is 0.490. The molecule has 0 aliphatic carbocycles. The third-order valence-electron chi connectivity index (χ3n) is 0.714. The van der Waals surface area contributed by atoms with E-state index in [-0.39, 0.29) is 6.17 Å². The molecule has 0 aliphatic rings. The maximum Gasteiger partial charge on any atom is 0.223 e. The molecule has 5 heteroatoms. The smallest absolute Gasteiger partial charge is 0.223 e. The molecule has 0 saturated heterocycles. The molecular weight excluding hydrogens is 106 g/mol. The number of hydrogen-bond donors (Lipinski definition) is 1. The maximum absolute atomic E-state index is 5.35. The molecule has 1 atom stereocenters. The number of hydrogen-bond acceptors (Lipinski definition) is 4. The lowest BCUT2D eigenvalue weighted by atomic mass is 10.6. The zero-order valence-corrected chi connectivity index (χ0v) is 4.44. The third kappa shape index (κ3) is 0.812. The summed E-state index contributed by atoms with van der Waals surface area (Å²) in [5.74, 6) is 0. The first-order valence-electron chi connectivity index (χ1n) is 2.22. The van der Waals surface area contributed by atoms with Gasteiger partial charge in [-0.2, -0.15) is 0 Å². The highest BCUT2D eigenvalue weighted by Crippen LogP contribution is 1.85. The average Bonchev–Trinajstić information content (AvgIpc) is 2.12. The van der Waals surface area contributed by atoms with Crippen molar-refractivity contribution in [1.82, 2.24) is 20.2 Å². The zero-order valence-electron chi connectivity index (χ0n) is 4.44. The molecule has 1 aromatic rings. The van der Waals surface area contributed by atoms with Gasteiger partial charge in [-0.25, -0.2) is 4.68 Å². The summed E-state index contributed by atoms with van der Waals surface area (Å²) in [5, 5.41) is 10.1. The normalized spacial score (nSPS) is 13.8. The topological polar surface area (TPSA) is 69.6 Å². The van der Waals surface area contributed by atoms with Gasteiger partial charge in [-0.15, -0.1) is 5.10 Å². The average molecular weight is 112 g/mol. The van der Waals surface area contributed by atoms with Gasteiger partial charge < -0.3 is 5.73 Å². The molecule has 8 heavy (non-hydrogen) atoms. The second-order valence-corrected chi connectivity index (χ2v) is 1.46. The summed E-state index contributed by atoms with van der Waals surface area (Å²) in [6, 6.07) is 0. The fraction of sp³-hybridized carbons (Fsp3) is 0.667. The predicted molar refractivity (Wildman–Crippen MR) is 25.6 cm³/mol. The van der Waals surface area contributed by atoms with Crippen molar-refractivity contribution in [2.75, 3.05) is 0 Å². The first kappa shape index (κ1) is 5.17. The molecule has 0 saturated carbocycles. The van der Waals surface area contributed by atoms with Crippen LogP contribution < -0.4 is 5.73 Å². The van der Waals surface area contributed by atoms with Crippen molar-refractivity contribution >= 4 is 0 Å². The Balaban J connectivity index is 2.77. The van der Waals surface area contributed by atoms with Gasteiger partial charge in [0.25, 0.3) is 0 Å². The van der Waals surface area contributed by atoms with Crippen LogP contribution in [0.25, 0.3) is 0 Å². The highest BCUT2D eigenvalue weighted by molar-refractivity contribution is 4.48. The Morgan fingerprint density at radius 2 is 2.50 bits per heavy atom. The fourth-order valence-corrected chi connectivity index (χ4v) is 0.321. The molecule has 0 aliphatic heterocycles. The second-order valence-electron chi connectivity index (χ2n) is 1.46. The first-order chi connectivity index (χ1) is 3.80. The van der Waals surface area contributed by atoms with E-state index in [9.17, 15) is 0 Å². The molecule has 5 nitrogen and oxygen atoms in total. The van der Waals surface area contributed by atoms with Crippen LogP contribution >= 0.6 is 0 Å². The third-order valence-corrected chi connectivity index (χ3v) is 0.714. The highest BCUT2D eigenvalue weighted by Gasteiger charge is 1.95. The van der Waals surface area contributed by atoms with Crippen molar-refractivity contribution in [2.45, 2.75) is 13.1 Å². The molecular formula is C3H6N5. The van der Waals surface area contributed by atoms with Gasteiger partial charge in [-0.05, 0) is 17.4 Å². The van der Waals surface area contributed by atoms with Crippen molar-refractivity contribution in [1.29, 1.82) is 0 Å². The number of rotatable bonds is 1. The molecule has 0 bridgehead atoms. The minimum atomic E-state index is -0.190. The minimum Gasteiger partial charge on any atom is -0.310 e. The summed E-state index contributed by atoms with van der Waals surface area (Å²) in [7, 11) is 0. The summed E-state index contributed by atoms with van der Waals surface area (Å²) in [5.41, 5.74) is 5.35. The molecule has 0 spiro atoms. The molecule has 2 N–H and O–H groups in total. The summed E-state index contributed by atoms with van der Waals surface area (Å²) >= 11 is 0. The van der Waals surface area contributed by atoms with E-state index in [1.54, 1.807) is 6.92 Å². The summed E-state index contributed by atoms with van der Waals surface area (Å²) < 4.78 is 1.35. The Labute approximate surface area is 46.5 Å². The molecule has 0 amide bonds. The van der Waals surface area contributed by atoms with E-state index in [4.69, 9.17) is 5.73 Å². The molecule has 0 fully saturated rings. The van der Waals surface area contributed by atoms with Gasteiger partial charge in [0, 0.05) is 0 Å². The van der Waals surface area contributed by atoms with E-state index in [1.807, 2.05) is 0 Å². The largest absolute Gasteiger partial charge is 0.310 e. The van der Waals surface area contributed by atoms with Crippen molar-refractivity contribution in [3.05, 3.63) is 6.33 Å². The summed E-state index contributed by atoms with van der Waals surface area (Å²) in [6.07, 6.45) is 2.27. The minimum absolute atomic E-state index is 0.190. The van der Waals surface area contributed by atoms with Crippen LogP contribution in [-0.4, -0.2) is 20.2 Å². The monoisotopic (exact) mass is 112 g/mol. The SMILES string of the molecule is CC(N)n1[c]nnn1. The zero-order chi connectivity index (χ0) is 5.98. The van der Waals surface area contributed by atoms with Gasteiger partial charge in [0.15, 0.2) is 0 Å². The Morgan fingerprint density at radius 1 is 1.75 bits per heavy atom. The molecule has 43 valence electrons. The lowest BCUT2D eigenvalue weighted by Gasteiger charge is -1.98. The van der Waals surface area contributed by atoms with Crippen LogP contribution in [0.1, 0.15) is 13.1 Å². The quantitative estimate of drug-likeness (QED) is 0.503. The van der Waals surface area contributed by atoms with Gasteiger partial charge in [0.2, 0.25) is 6.33 Å². The van der Waals surface area contributed by atoms with Crippen molar-refractivity contribution < 1.29 is 0 Å². The van der Waals surface area contributed by atoms with E-state index in [0.717, 1.165) is 0 Å². The molecule has 1 rings (SSSR count). The Hall–Kier alpha value is -0.970. The van der Waals surface area contributed by atoms with E-state index in [0.29, 0.717) is 0 Å². The van der Waals surface area contributed by atoms with Crippen LogP contribution in [0.15, 0.2) is 0 Å². The first-order valence-corrected chi connectivity index (χ1v) is 2.22. The van der Waals surface area contributed by atoms with E-state index in [2.05, 4.69) is 21.9 Å².